The van der Waals surface area contributed by atoms with Gasteiger partial charge in [-0.15, -0.1) is 0 Å². The second-order valence-electron chi connectivity index (χ2n) is 3.15. The van der Waals surface area contributed by atoms with Crippen molar-refractivity contribution in [2.75, 3.05) is 0 Å². The summed E-state index contributed by atoms with van der Waals surface area (Å²) >= 11 is 0. The van der Waals surface area contributed by atoms with E-state index in [1.54, 1.807) is 0 Å². The van der Waals surface area contributed by atoms with Crippen LogP contribution in [0.25, 0.3) is 0 Å². The average Bonchev–Trinajstić information content (AvgIpc) is 1.76. The van der Waals surface area contributed by atoms with E-state index in [9.17, 15) is 0 Å². The highest BCUT2D eigenvalue weighted by molar-refractivity contribution is 6.73. The van der Waals surface area contributed by atoms with Gasteiger partial charge in [0.2, 0.25) is 0 Å². The van der Waals surface area contributed by atoms with Crippen molar-refractivity contribution in [1.29, 1.82) is 0 Å². The Hall–Kier alpha value is 0.411. The molecule has 0 aliphatic carbocycles. The van der Waals surface area contributed by atoms with Gasteiger partial charge in [0.25, 0.3) is 0 Å². The van der Waals surface area contributed by atoms with E-state index in [0.717, 1.165) is 0 Å². The van der Waals surface area contributed by atoms with Gasteiger partial charge in [-0.25, -0.2) is 4.58 Å². The van der Waals surface area contributed by atoms with Crippen molar-refractivity contribution in [2.24, 2.45) is 0 Å². The van der Waals surface area contributed by atoms with Crippen LogP contribution in [0.15, 0.2) is 0 Å². The summed E-state index contributed by atoms with van der Waals surface area (Å²) in [6.45, 7) is 5.89. The van der Waals surface area contributed by atoms with Crippen LogP contribution in [0.4, 0.5) is 0 Å². The molecule has 0 amide bonds. The number of rotatable bonds is 5. The standard InChI is InChI=1S/C3H14O6Si3/c1-11(2,3)9-10-7-8-12(4,5)6/h4-6H,10H2,1-3H3. The highest BCUT2D eigenvalue weighted by atomic mass is 28.4. The molecule has 0 bridgehead atoms. The largest absolute Gasteiger partial charge is 0.698 e. The summed E-state index contributed by atoms with van der Waals surface area (Å²) in [6, 6.07) is 0. The molecule has 6 nitrogen and oxygen atoms in total. The average molecular weight is 230 g/mol. The van der Waals surface area contributed by atoms with Gasteiger partial charge in [0, 0.05) is 0 Å². The Kier molecular flexibility index (Phi) is 4.75. The molecule has 0 rings (SSSR count). The minimum atomic E-state index is -4.51. The summed E-state index contributed by atoms with van der Waals surface area (Å²) < 4.78 is 13.5. The van der Waals surface area contributed by atoms with Crippen molar-refractivity contribution >= 4 is 27.4 Å². The highest BCUT2D eigenvalue weighted by Gasteiger charge is 2.32. The third-order valence-electron chi connectivity index (χ3n) is 0.711. The van der Waals surface area contributed by atoms with E-state index in [4.69, 9.17) is 18.5 Å². The van der Waals surface area contributed by atoms with Gasteiger partial charge in [-0.1, -0.05) is 0 Å². The molecule has 0 atom stereocenters. The van der Waals surface area contributed by atoms with E-state index in [0.29, 0.717) is 0 Å². The molecule has 3 N–H and O–H groups in total. The smallest absolute Gasteiger partial charge is 0.439 e. The molecule has 74 valence electrons. The van der Waals surface area contributed by atoms with E-state index in [2.05, 4.69) is 9.15 Å². The van der Waals surface area contributed by atoms with Crippen LogP contribution in [0.2, 0.25) is 19.6 Å². The summed E-state index contributed by atoms with van der Waals surface area (Å²) in [5.41, 5.74) is 0. The van der Waals surface area contributed by atoms with Crippen molar-refractivity contribution < 1.29 is 27.7 Å². The lowest BCUT2D eigenvalue weighted by molar-refractivity contribution is -0.185. The maximum Gasteiger partial charge on any atom is 0.698 e. The molecule has 0 saturated carbocycles. The topological polar surface area (TPSA) is 88.4 Å². The maximum absolute atomic E-state index is 8.33. The molecule has 0 aliphatic rings. The molecule has 0 unspecified atom stereocenters. The maximum atomic E-state index is 8.33. The minimum absolute atomic E-state index is 1.38. The van der Waals surface area contributed by atoms with Crippen LogP contribution in [-0.4, -0.2) is 41.8 Å². The molecule has 12 heavy (non-hydrogen) atoms. The summed E-state index contributed by atoms with van der Waals surface area (Å²) in [5, 5.41) is 0. The van der Waals surface area contributed by atoms with Gasteiger partial charge < -0.3 is 18.5 Å². The van der Waals surface area contributed by atoms with Crippen molar-refractivity contribution in [3.63, 3.8) is 0 Å². The summed E-state index contributed by atoms with van der Waals surface area (Å²) in [6.07, 6.45) is 0. The fourth-order valence-corrected chi connectivity index (χ4v) is 2.74. The molecule has 0 aromatic rings. The summed E-state index contributed by atoms with van der Waals surface area (Å²) in [4.78, 5) is 25.0. The molecule has 0 saturated heterocycles. The van der Waals surface area contributed by atoms with Crippen LogP contribution in [0.1, 0.15) is 0 Å². The van der Waals surface area contributed by atoms with Crippen molar-refractivity contribution in [3.05, 3.63) is 0 Å². The monoisotopic (exact) mass is 230 g/mol. The lowest BCUT2D eigenvalue weighted by Gasteiger charge is -2.17. The SMILES string of the molecule is C[Si](C)(C)O[SiH2]OO[Si](O)(O)O. The molecule has 0 aromatic heterocycles. The lowest BCUT2D eigenvalue weighted by Crippen LogP contribution is -2.40. The number of hydrogen-bond acceptors (Lipinski definition) is 6. The predicted molar refractivity (Wildman–Crippen MR) is 47.6 cm³/mol. The van der Waals surface area contributed by atoms with E-state index in [1.807, 2.05) is 19.6 Å². The third-order valence-corrected chi connectivity index (χ3v) is 5.44. The minimum Gasteiger partial charge on any atom is -0.439 e. The second kappa shape index (κ2) is 4.59. The van der Waals surface area contributed by atoms with Crippen LogP contribution >= 0.6 is 0 Å². The fraction of sp³-hybridized carbons (Fsp3) is 1.00. The first kappa shape index (κ1) is 12.4. The molecule has 0 heterocycles. The van der Waals surface area contributed by atoms with Gasteiger partial charge >= 0.3 is 19.1 Å². The zero-order valence-electron chi connectivity index (χ0n) is 7.27. The Morgan fingerprint density at radius 3 is 1.92 bits per heavy atom. The highest BCUT2D eigenvalue weighted by Crippen LogP contribution is 2.01. The first-order valence-electron chi connectivity index (χ1n) is 3.32. The second-order valence-corrected chi connectivity index (χ2v) is 10.3. The van der Waals surface area contributed by atoms with Gasteiger partial charge in [0.15, 0.2) is 8.32 Å². The van der Waals surface area contributed by atoms with Crippen LogP contribution in [0.5, 0.6) is 0 Å². The van der Waals surface area contributed by atoms with Crippen LogP contribution in [0, 0.1) is 0 Å². The van der Waals surface area contributed by atoms with Gasteiger partial charge in [-0.05, 0) is 19.6 Å². The van der Waals surface area contributed by atoms with Crippen molar-refractivity contribution in [1.82, 2.24) is 0 Å². The molecule has 9 heteroatoms. The quantitative estimate of drug-likeness (QED) is 0.223. The first-order valence-corrected chi connectivity index (χ1v) is 9.64. The van der Waals surface area contributed by atoms with Gasteiger partial charge in [-0.2, -0.15) is 0 Å². The molecular formula is C3H14O6Si3. The van der Waals surface area contributed by atoms with E-state index in [1.165, 1.54) is 0 Å². The zero-order chi connectivity index (χ0) is 9.83. The zero-order valence-corrected chi connectivity index (χ0v) is 10.7. The molecular weight excluding hydrogens is 216 g/mol. The first-order chi connectivity index (χ1) is 5.21. The van der Waals surface area contributed by atoms with Crippen molar-refractivity contribution in [3.8, 4) is 0 Å². The molecule has 0 spiro atoms. The van der Waals surface area contributed by atoms with Gasteiger partial charge in [0.05, 0.1) is 0 Å². The normalized spacial score (nSPS) is 14.5. The third kappa shape index (κ3) is 10.4. The Labute approximate surface area is 75.3 Å². The van der Waals surface area contributed by atoms with E-state index < -0.39 is 27.4 Å². The van der Waals surface area contributed by atoms with Gasteiger partial charge in [0.1, 0.15) is 0 Å². The van der Waals surface area contributed by atoms with Crippen molar-refractivity contribution in [2.45, 2.75) is 19.6 Å². The Bertz CT molecular complexity index is 111. The van der Waals surface area contributed by atoms with E-state index >= 15 is 0 Å². The van der Waals surface area contributed by atoms with Gasteiger partial charge in [-0.3, -0.25) is 4.58 Å². The molecule has 0 fully saturated rings. The number of hydrogen-bond donors (Lipinski definition) is 3. The van der Waals surface area contributed by atoms with E-state index in [-0.39, 0.29) is 0 Å². The predicted octanol–water partition coefficient (Wildman–Crippen LogP) is -1.80. The molecule has 0 aliphatic heterocycles. The Balaban J connectivity index is 3.35. The summed E-state index contributed by atoms with van der Waals surface area (Å²) in [5.74, 6) is 0. The fourth-order valence-electron chi connectivity index (χ4n) is 0.304. The molecule has 0 aromatic carbocycles. The molecule has 0 radical (unpaired) electrons. The van der Waals surface area contributed by atoms with Crippen LogP contribution in [-0.2, 0) is 13.3 Å². The Morgan fingerprint density at radius 2 is 1.58 bits per heavy atom. The Morgan fingerprint density at radius 1 is 1.08 bits per heavy atom. The van der Waals surface area contributed by atoms with Crippen LogP contribution < -0.4 is 0 Å². The summed E-state index contributed by atoms with van der Waals surface area (Å²) in [7, 11) is -7.51. The lowest BCUT2D eigenvalue weighted by atomic mass is 11.8. The van der Waals surface area contributed by atoms with Crippen LogP contribution in [0.3, 0.4) is 0 Å².